The van der Waals surface area contributed by atoms with Crippen molar-refractivity contribution in [2.45, 2.75) is 19.3 Å². The summed E-state index contributed by atoms with van der Waals surface area (Å²) < 4.78 is 0. The van der Waals surface area contributed by atoms with E-state index in [1.165, 1.54) is 37.4 Å². The van der Waals surface area contributed by atoms with Crippen molar-refractivity contribution in [3.05, 3.63) is 46.3 Å². The fourth-order valence-electron chi connectivity index (χ4n) is 2.42. The van der Waals surface area contributed by atoms with E-state index in [1.807, 2.05) is 30.5 Å². The SMILES string of the molecule is Clc1cccc(N/N=C\c2ccc(N3CCCCC3)s2)c1. The maximum atomic E-state index is 5.93. The highest BCUT2D eigenvalue weighted by molar-refractivity contribution is 7.17. The third kappa shape index (κ3) is 3.99. The van der Waals surface area contributed by atoms with Crippen LogP contribution < -0.4 is 10.3 Å². The zero-order valence-electron chi connectivity index (χ0n) is 11.8. The van der Waals surface area contributed by atoms with Gasteiger partial charge in [0.25, 0.3) is 0 Å². The molecule has 0 radical (unpaired) electrons. The minimum absolute atomic E-state index is 0.707. The molecule has 1 aliphatic heterocycles. The first kappa shape index (κ1) is 14.4. The van der Waals surface area contributed by atoms with Crippen LogP contribution in [0.25, 0.3) is 0 Å². The highest BCUT2D eigenvalue weighted by Crippen LogP contribution is 2.27. The fraction of sp³-hybridized carbons (Fsp3) is 0.312. The molecule has 2 aromatic rings. The van der Waals surface area contributed by atoms with Crippen molar-refractivity contribution < 1.29 is 0 Å². The molecule has 2 heterocycles. The summed E-state index contributed by atoms with van der Waals surface area (Å²) in [4.78, 5) is 3.63. The molecule has 0 saturated carbocycles. The lowest BCUT2D eigenvalue weighted by Gasteiger charge is -2.27. The van der Waals surface area contributed by atoms with E-state index in [1.54, 1.807) is 11.3 Å². The first-order chi connectivity index (χ1) is 10.3. The summed E-state index contributed by atoms with van der Waals surface area (Å²) in [6, 6.07) is 11.9. The van der Waals surface area contributed by atoms with Gasteiger partial charge in [-0.2, -0.15) is 5.10 Å². The van der Waals surface area contributed by atoms with Crippen molar-refractivity contribution in [3.8, 4) is 0 Å². The number of halogens is 1. The molecule has 0 aliphatic carbocycles. The molecule has 5 heteroatoms. The number of anilines is 2. The molecule has 1 aromatic heterocycles. The lowest BCUT2D eigenvalue weighted by molar-refractivity contribution is 0.580. The minimum atomic E-state index is 0.707. The smallest absolute Gasteiger partial charge is 0.0915 e. The zero-order chi connectivity index (χ0) is 14.5. The van der Waals surface area contributed by atoms with Gasteiger partial charge in [-0.3, -0.25) is 5.43 Å². The number of hydrogen-bond donors (Lipinski definition) is 1. The Bertz CT molecular complexity index is 617. The second kappa shape index (κ2) is 6.96. The molecule has 0 bridgehead atoms. The Kier molecular flexibility index (Phi) is 4.78. The topological polar surface area (TPSA) is 27.6 Å². The summed E-state index contributed by atoms with van der Waals surface area (Å²) >= 11 is 7.72. The van der Waals surface area contributed by atoms with Crippen LogP contribution in [0.3, 0.4) is 0 Å². The van der Waals surface area contributed by atoms with E-state index in [0.717, 1.165) is 10.6 Å². The van der Waals surface area contributed by atoms with Gasteiger partial charge in [0.1, 0.15) is 0 Å². The quantitative estimate of drug-likeness (QED) is 0.645. The van der Waals surface area contributed by atoms with Crippen molar-refractivity contribution in [2.75, 3.05) is 23.4 Å². The first-order valence-electron chi connectivity index (χ1n) is 7.21. The molecule has 1 aliphatic rings. The molecule has 0 amide bonds. The van der Waals surface area contributed by atoms with Crippen LogP contribution in [0, 0.1) is 0 Å². The Morgan fingerprint density at radius 3 is 2.81 bits per heavy atom. The Labute approximate surface area is 134 Å². The summed E-state index contributed by atoms with van der Waals surface area (Å²) in [7, 11) is 0. The molecule has 0 unspecified atom stereocenters. The lowest BCUT2D eigenvalue weighted by Crippen LogP contribution is -2.28. The van der Waals surface area contributed by atoms with Crippen molar-refractivity contribution in [1.29, 1.82) is 0 Å². The maximum absolute atomic E-state index is 5.93. The van der Waals surface area contributed by atoms with Crippen molar-refractivity contribution in [3.63, 3.8) is 0 Å². The summed E-state index contributed by atoms with van der Waals surface area (Å²) in [6.07, 6.45) is 5.83. The van der Waals surface area contributed by atoms with E-state index >= 15 is 0 Å². The molecule has 110 valence electrons. The highest BCUT2D eigenvalue weighted by atomic mass is 35.5. The molecular formula is C16H18ClN3S. The van der Waals surface area contributed by atoms with Gasteiger partial charge in [-0.15, -0.1) is 11.3 Å². The lowest BCUT2D eigenvalue weighted by atomic mass is 10.1. The first-order valence-corrected chi connectivity index (χ1v) is 8.40. The zero-order valence-corrected chi connectivity index (χ0v) is 13.3. The normalized spacial score (nSPS) is 15.6. The minimum Gasteiger partial charge on any atom is -0.363 e. The molecule has 1 fully saturated rings. The van der Waals surface area contributed by atoms with Crippen LogP contribution in [-0.2, 0) is 0 Å². The van der Waals surface area contributed by atoms with Gasteiger partial charge < -0.3 is 4.90 Å². The molecule has 1 saturated heterocycles. The van der Waals surface area contributed by atoms with Gasteiger partial charge in [-0.1, -0.05) is 17.7 Å². The van der Waals surface area contributed by atoms with Crippen LogP contribution in [-0.4, -0.2) is 19.3 Å². The molecule has 21 heavy (non-hydrogen) atoms. The second-order valence-corrected chi connectivity index (χ2v) is 6.63. The number of hydrazone groups is 1. The third-order valence-corrected chi connectivity index (χ3v) is 4.81. The molecule has 3 rings (SSSR count). The molecule has 1 aromatic carbocycles. The second-order valence-electron chi connectivity index (χ2n) is 5.10. The number of nitrogens with zero attached hydrogens (tertiary/aromatic N) is 2. The Hall–Kier alpha value is -1.52. The van der Waals surface area contributed by atoms with Crippen LogP contribution >= 0.6 is 22.9 Å². The Morgan fingerprint density at radius 2 is 2.00 bits per heavy atom. The van der Waals surface area contributed by atoms with E-state index < -0.39 is 0 Å². The van der Waals surface area contributed by atoms with Gasteiger partial charge >= 0.3 is 0 Å². The van der Waals surface area contributed by atoms with E-state index in [4.69, 9.17) is 11.6 Å². The van der Waals surface area contributed by atoms with Crippen LogP contribution in [0.2, 0.25) is 5.02 Å². The van der Waals surface area contributed by atoms with Gasteiger partial charge in [-0.05, 0) is 49.6 Å². The maximum Gasteiger partial charge on any atom is 0.0915 e. The Morgan fingerprint density at radius 1 is 1.14 bits per heavy atom. The summed E-state index contributed by atoms with van der Waals surface area (Å²) in [6.45, 7) is 2.36. The van der Waals surface area contributed by atoms with Crippen LogP contribution in [0.15, 0.2) is 41.5 Å². The molecular weight excluding hydrogens is 302 g/mol. The van der Waals surface area contributed by atoms with Gasteiger partial charge in [0.05, 0.1) is 16.9 Å². The van der Waals surface area contributed by atoms with E-state index in [2.05, 4.69) is 27.6 Å². The number of hydrogen-bond acceptors (Lipinski definition) is 4. The fourth-order valence-corrected chi connectivity index (χ4v) is 3.55. The highest BCUT2D eigenvalue weighted by Gasteiger charge is 2.12. The molecule has 3 nitrogen and oxygen atoms in total. The van der Waals surface area contributed by atoms with Crippen molar-refractivity contribution >= 4 is 39.8 Å². The number of thiophene rings is 1. The molecule has 0 spiro atoms. The Balaban J connectivity index is 1.60. The average Bonchev–Trinajstić information content (AvgIpc) is 2.97. The summed E-state index contributed by atoms with van der Waals surface area (Å²) in [5.74, 6) is 0. The van der Waals surface area contributed by atoms with Gasteiger partial charge in [-0.25, -0.2) is 0 Å². The van der Waals surface area contributed by atoms with Crippen molar-refractivity contribution in [2.24, 2.45) is 5.10 Å². The van der Waals surface area contributed by atoms with Crippen molar-refractivity contribution in [1.82, 2.24) is 0 Å². The summed E-state index contributed by atoms with van der Waals surface area (Å²) in [5.41, 5.74) is 3.90. The van der Waals surface area contributed by atoms with Crippen LogP contribution in [0.1, 0.15) is 24.1 Å². The predicted molar refractivity (Wildman–Crippen MR) is 93.1 cm³/mol. The number of rotatable bonds is 4. The predicted octanol–water partition coefficient (Wildman–Crippen LogP) is 4.84. The van der Waals surface area contributed by atoms with Gasteiger partial charge in [0.15, 0.2) is 0 Å². The monoisotopic (exact) mass is 319 g/mol. The van der Waals surface area contributed by atoms with Gasteiger partial charge in [0, 0.05) is 23.0 Å². The van der Waals surface area contributed by atoms with E-state index in [-0.39, 0.29) is 0 Å². The van der Waals surface area contributed by atoms with Crippen LogP contribution in [0.4, 0.5) is 10.7 Å². The number of benzene rings is 1. The number of nitrogens with one attached hydrogen (secondary N) is 1. The average molecular weight is 320 g/mol. The third-order valence-electron chi connectivity index (χ3n) is 3.49. The van der Waals surface area contributed by atoms with Crippen LogP contribution in [0.5, 0.6) is 0 Å². The molecule has 1 N–H and O–H groups in total. The van der Waals surface area contributed by atoms with E-state index in [0.29, 0.717) is 5.02 Å². The largest absolute Gasteiger partial charge is 0.363 e. The molecule has 0 atom stereocenters. The van der Waals surface area contributed by atoms with Gasteiger partial charge in [0.2, 0.25) is 0 Å². The number of piperidine rings is 1. The standard InChI is InChI=1S/C16H18ClN3S/c17-13-5-4-6-14(11-13)19-18-12-15-7-8-16(21-15)20-9-2-1-3-10-20/h4-8,11-12,19H,1-3,9-10H2/b18-12-. The summed E-state index contributed by atoms with van der Waals surface area (Å²) in [5, 5.41) is 6.32. The van der Waals surface area contributed by atoms with E-state index in [9.17, 15) is 0 Å².